The number of ether oxygens (including phenoxy) is 1. The number of carbonyl (C=O) groups excluding carboxylic acids is 2. The van der Waals surface area contributed by atoms with Crippen LogP contribution < -0.4 is 5.32 Å². The quantitative estimate of drug-likeness (QED) is 0.849. The Balaban J connectivity index is 2.44. The van der Waals surface area contributed by atoms with Crippen LogP contribution in [0.2, 0.25) is 0 Å². The van der Waals surface area contributed by atoms with E-state index in [1.54, 1.807) is 16.9 Å². The number of esters is 1. The number of carbonyl (C=O) groups is 2. The Morgan fingerprint density at radius 1 is 1.25 bits per heavy atom. The zero-order valence-electron chi connectivity index (χ0n) is 15.0. The number of hydrogen-bond donors (Lipinski definition) is 1. The molecule has 1 unspecified atom stereocenters. The van der Waals surface area contributed by atoms with Crippen LogP contribution in [0, 0.1) is 12.8 Å². The normalized spacial score (nSPS) is 12.7. The third-order valence-electron chi connectivity index (χ3n) is 3.84. The molecule has 7 nitrogen and oxygen atoms in total. The van der Waals surface area contributed by atoms with E-state index >= 15 is 0 Å². The maximum absolute atomic E-state index is 12.7. The highest BCUT2D eigenvalue weighted by Crippen LogP contribution is 2.21. The fourth-order valence-corrected chi connectivity index (χ4v) is 2.55. The minimum Gasteiger partial charge on any atom is -0.467 e. The van der Waals surface area contributed by atoms with Gasteiger partial charge in [-0.2, -0.15) is 5.10 Å². The molecule has 0 spiro atoms. The summed E-state index contributed by atoms with van der Waals surface area (Å²) in [6, 6.07) is 1.14. The van der Waals surface area contributed by atoms with Gasteiger partial charge in [-0.25, -0.2) is 14.5 Å². The first-order chi connectivity index (χ1) is 11.3. The van der Waals surface area contributed by atoms with Gasteiger partial charge in [0.1, 0.15) is 6.04 Å². The Morgan fingerprint density at radius 3 is 2.46 bits per heavy atom. The van der Waals surface area contributed by atoms with E-state index in [0.717, 1.165) is 0 Å². The molecular weight excluding hydrogens is 308 g/mol. The van der Waals surface area contributed by atoms with E-state index < -0.39 is 12.0 Å². The van der Waals surface area contributed by atoms with E-state index in [1.165, 1.54) is 7.11 Å². The molecule has 0 bridgehead atoms. The molecule has 0 aliphatic carbocycles. The van der Waals surface area contributed by atoms with E-state index in [1.807, 2.05) is 34.6 Å². The molecule has 0 aliphatic rings. The molecule has 24 heavy (non-hydrogen) atoms. The third kappa shape index (κ3) is 3.39. The topological polar surface area (TPSA) is 86.1 Å². The van der Waals surface area contributed by atoms with Gasteiger partial charge in [-0.15, -0.1) is 0 Å². The molecule has 0 aromatic carbocycles. The number of aromatic nitrogens is 3. The van der Waals surface area contributed by atoms with Crippen molar-refractivity contribution in [2.75, 3.05) is 7.11 Å². The highest BCUT2D eigenvalue weighted by molar-refractivity contribution is 6.06. The van der Waals surface area contributed by atoms with Crippen molar-refractivity contribution in [1.29, 1.82) is 0 Å². The second kappa shape index (κ2) is 6.98. The standard InChI is InChI=1S/C17H24N4O3/c1-9(2)14(17(23)24-6)20-16(22)12-7-11(5)19-15-13(12)8-18-21(15)10(3)4/h7-10,14H,1-6H3,(H,20,22). The van der Waals surface area contributed by atoms with Gasteiger partial charge < -0.3 is 10.1 Å². The summed E-state index contributed by atoms with van der Waals surface area (Å²) in [6.07, 6.45) is 1.64. The van der Waals surface area contributed by atoms with Gasteiger partial charge in [0.05, 0.1) is 24.3 Å². The molecule has 1 amide bonds. The molecule has 2 rings (SSSR count). The lowest BCUT2D eigenvalue weighted by Gasteiger charge is -2.20. The van der Waals surface area contributed by atoms with Crippen LogP contribution in [0.25, 0.3) is 11.0 Å². The van der Waals surface area contributed by atoms with Crippen LogP contribution in [0.1, 0.15) is 49.8 Å². The fourth-order valence-electron chi connectivity index (χ4n) is 2.55. The summed E-state index contributed by atoms with van der Waals surface area (Å²) < 4.78 is 6.55. The van der Waals surface area contributed by atoms with E-state index in [-0.39, 0.29) is 17.9 Å². The second-order valence-electron chi connectivity index (χ2n) is 6.45. The lowest BCUT2D eigenvalue weighted by atomic mass is 10.0. The van der Waals surface area contributed by atoms with Crippen LogP contribution in [0.4, 0.5) is 0 Å². The molecule has 130 valence electrons. The highest BCUT2D eigenvalue weighted by Gasteiger charge is 2.26. The summed E-state index contributed by atoms with van der Waals surface area (Å²) >= 11 is 0. The lowest BCUT2D eigenvalue weighted by molar-refractivity contribution is -0.144. The second-order valence-corrected chi connectivity index (χ2v) is 6.45. The van der Waals surface area contributed by atoms with Crippen LogP contribution in [0.15, 0.2) is 12.3 Å². The number of nitrogens with zero attached hydrogens (tertiary/aromatic N) is 3. The first-order valence-electron chi connectivity index (χ1n) is 7.99. The summed E-state index contributed by atoms with van der Waals surface area (Å²) in [6.45, 7) is 9.54. The minimum absolute atomic E-state index is 0.0850. The molecule has 1 atom stereocenters. The van der Waals surface area contributed by atoms with Crippen molar-refractivity contribution < 1.29 is 14.3 Å². The van der Waals surface area contributed by atoms with Crippen molar-refractivity contribution in [1.82, 2.24) is 20.1 Å². The van der Waals surface area contributed by atoms with Crippen molar-refractivity contribution in [2.24, 2.45) is 5.92 Å². The molecule has 2 aromatic heterocycles. The van der Waals surface area contributed by atoms with Crippen molar-refractivity contribution in [2.45, 2.75) is 46.7 Å². The summed E-state index contributed by atoms with van der Waals surface area (Å²) in [5.41, 5.74) is 1.84. The van der Waals surface area contributed by atoms with Crippen LogP contribution in [-0.4, -0.2) is 39.8 Å². The first kappa shape index (κ1) is 17.9. The van der Waals surface area contributed by atoms with E-state index in [0.29, 0.717) is 22.3 Å². The predicted molar refractivity (Wildman–Crippen MR) is 90.8 cm³/mol. The van der Waals surface area contributed by atoms with Crippen molar-refractivity contribution in [3.8, 4) is 0 Å². The maximum Gasteiger partial charge on any atom is 0.328 e. The average molecular weight is 332 g/mol. The molecule has 2 heterocycles. The third-order valence-corrected chi connectivity index (χ3v) is 3.84. The number of nitrogens with one attached hydrogen (secondary N) is 1. The summed E-state index contributed by atoms with van der Waals surface area (Å²) in [5.74, 6) is -0.880. The molecule has 0 aliphatic heterocycles. The SMILES string of the molecule is COC(=O)C(NC(=O)c1cc(C)nc2c1cnn2C(C)C)C(C)C. The fraction of sp³-hybridized carbons (Fsp3) is 0.529. The Labute approximate surface area is 141 Å². The molecule has 0 fully saturated rings. The van der Waals surface area contributed by atoms with E-state index in [9.17, 15) is 9.59 Å². The molecule has 0 saturated heterocycles. The molecule has 0 saturated carbocycles. The smallest absolute Gasteiger partial charge is 0.328 e. The summed E-state index contributed by atoms with van der Waals surface area (Å²) in [4.78, 5) is 29.1. The molecule has 0 radical (unpaired) electrons. The van der Waals surface area contributed by atoms with Gasteiger partial charge in [0.25, 0.3) is 5.91 Å². The Bertz CT molecular complexity index is 765. The van der Waals surface area contributed by atoms with Crippen molar-refractivity contribution in [3.63, 3.8) is 0 Å². The first-order valence-corrected chi connectivity index (χ1v) is 7.99. The molecular formula is C17H24N4O3. The number of pyridine rings is 1. The Hall–Kier alpha value is -2.44. The summed E-state index contributed by atoms with van der Waals surface area (Å²) in [5, 5.41) is 7.76. The van der Waals surface area contributed by atoms with E-state index in [2.05, 4.69) is 15.4 Å². The van der Waals surface area contributed by atoms with Crippen molar-refractivity contribution >= 4 is 22.9 Å². The monoisotopic (exact) mass is 332 g/mol. The number of hydrogen-bond acceptors (Lipinski definition) is 5. The average Bonchev–Trinajstić information content (AvgIpc) is 2.94. The zero-order valence-corrected chi connectivity index (χ0v) is 15.0. The predicted octanol–water partition coefficient (Wildman–Crippen LogP) is 2.25. The van der Waals surface area contributed by atoms with Gasteiger partial charge in [-0.3, -0.25) is 4.79 Å². The lowest BCUT2D eigenvalue weighted by Crippen LogP contribution is -2.45. The number of amides is 1. The molecule has 7 heteroatoms. The van der Waals surface area contributed by atoms with Gasteiger partial charge >= 0.3 is 5.97 Å². The van der Waals surface area contributed by atoms with Crippen LogP contribution >= 0.6 is 0 Å². The largest absolute Gasteiger partial charge is 0.467 e. The van der Waals surface area contributed by atoms with Gasteiger partial charge in [-0.1, -0.05) is 13.8 Å². The number of rotatable bonds is 5. The van der Waals surface area contributed by atoms with Gasteiger partial charge in [0, 0.05) is 11.7 Å². The van der Waals surface area contributed by atoms with Crippen LogP contribution in [0.3, 0.4) is 0 Å². The minimum atomic E-state index is -0.703. The number of aryl methyl sites for hydroxylation is 1. The molecule has 2 aromatic rings. The number of methoxy groups -OCH3 is 1. The van der Waals surface area contributed by atoms with Gasteiger partial charge in [-0.05, 0) is 32.8 Å². The Morgan fingerprint density at radius 2 is 1.92 bits per heavy atom. The zero-order chi connectivity index (χ0) is 18.0. The van der Waals surface area contributed by atoms with Crippen molar-refractivity contribution in [3.05, 3.63) is 23.5 Å². The van der Waals surface area contributed by atoms with Crippen LogP contribution in [-0.2, 0) is 9.53 Å². The summed E-state index contributed by atoms with van der Waals surface area (Å²) in [7, 11) is 1.31. The van der Waals surface area contributed by atoms with Gasteiger partial charge in [0.15, 0.2) is 5.65 Å². The molecule has 1 N–H and O–H groups in total. The number of fused-ring (bicyclic) bond motifs is 1. The Kier molecular flexibility index (Phi) is 5.21. The van der Waals surface area contributed by atoms with Gasteiger partial charge in [0.2, 0.25) is 0 Å². The highest BCUT2D eigenvalue weighted by atomic mass is 16.5. The van der Waals surface area contributed by atoms with Crippen LogP contribution in [0.5, 0.6) is 0 Å². The van der Waals surface area contributed by atoms with E-state index in [4.69, 9.17) is 4.74 Å². The maximum atomic E-state index is 12.7.